The van der Waals surface area contributed by atoms with Gasteiger partial charge in [0.15, 0.2) is 0 Å². The van der Waals surface area contributed by atoms with Gasteiger partial charge in [-0.25, -0.2) is 9.69 Å². The lowest BCUT2D eigenvalue weighted by Gasteiger charge is -2.52. The average molecular weight is 282 g/mol. The Hall–Kier alpha value is -1.59. The molecule has 6 heteroatoms. The summed E-state index contributed by atoms with van der Waals surface area (Å²) in [6.07, 6.45) is 0.484. The summed E-state index contributed by atoms with van der Waals surface area (Å²) >= 11 is 0. The molecule has 0 N–H and O–H groups in total. The molecule has 2 heterocycles. The van der Waals surface area contributed by atoms with E-state index in [4.69, 9.17) is 4.74 Å². The standard InChI is InChI=1S/C14H22N2O4/c1-10(17)15-8-14(9-15)5-6-16(11(18)7-14)12(19)20-13(2,3)4/h5-9H2,1-4H3. The van der Waals surface area contributed by atoms with E-state index in [1.165, 1.54) is 11.8 Å². The first-order valence-corrected chi connectivity index (χ1v) is 6.91. The molecule has 6 nitrogen and oxygen atoms in total. The van der Waals surface area contributed by atoms with Crippen molar-refractivity contribution in [2.24, 2.45) is 5.41 Å². The van der Waals surface area contributed by atoms with Crippen LogP contribution in [0.3, 0.4) is 0 Å². The number of hydrogen-bond acceptors (Lipinski definition) is 4. The number of imide groups is 1. The molecular weight excluding hydrogens is 260 g/mol. The molecule has 2 aliphatic heterocycles. The molecule has 2 aliphatic rings. The Morgan fingerprint density at radius 3 is 2.30 bits per heavy atom. The SMILES string of the molecule is CC(=O)N1CC2(CCN(C(=O)OC(C)(C)C)C(=O)C2)C1. The molecule has 2 fully saturated rings. The number of hydrogen-bond donors (Lipinski definition) is 0. The topological polar surface area (TPSA) is 66.9 Å². The largest absolute Gasteiger partial charge is 0.443 e. The van der Waals surface area contributed by atoms with E-state index in [9.17, 15) is 14.4 Å². The first kappa shape index (κ1) is 14.8. The quantitative estimate of drug-likeness (QED) is 0.673. The van der Waals surface area contributed by atoms with Crippen LogP contribution in [0.1, 0.15) is 40.5 Å². The first-order valence-electron chi connectivity index (χ1n) is 6.91. The van der Waals surface area contributed by atoms with Gasteiger partial charge in [0.05, 0.1) is 0 Å². The van der Waals surface area contributed by atoms with Crippen LogP contribution in [-0.2, 0) is 14.3 Å². The molecule has 0 aromatic heterocycles. The second kappa shape index (κ2) is 4.75. The second-order valence-electron chi connectivity index (χ2n) is 6.83. The molecule has 0 aromatic rings. The van der Waals surface area contributed by atoms with Gasteiger partial charge in [0.25, 0.3) is 0 Å². The third-order valence-electron chi connectivity index (χ3n) is 3.80. The van der Waals surface area contributed by atoms with E-state index in [1.54, 1.807) is 25.7 Å². The molecule has 0 atom stereocenters. The van der Waals surface area contributed by atoms with Gasteiger partial charge in [0, 0.05) is 38.4 Å². The van der Waals surface area contributed by atoms with Crippen LogP contribution in [-0.4, -0.2) is 52.9 Å². The van der Waals surface area contributed by atoms with Crippen LogP contribution < -0.4 is 0 Å². The monoisotopic (exact) mass is 282 g/mol. The van der Waals surface area contributed by atoms with Gasteiger partial charge in [-0.2, -0.15) is 0 Å². The number of piperidine rings is 1. The van der Waals surface area contributed by atoms with Crippen molar-refractivity contribution in [3.8, 4) is 0 Å². The number of amides is 3. The van der Waals surface area contributed by atoms with E-state index in [-0.39, 0.29) is 17.2 Å². The first-order chi connectivity index (χ1) is 9.12. The molecule has 20 heavy (non-hydrogen) atoms. The lowest BCUT2D eigenvalue weighted by molar-refractivity contribution is -0.154. The highest BCUT2D eigenvalue weighted by Gasteiger charge is 2.50. The van der Waals surface area contributed by atoms with E-state index in [0.29, 0.717) is 26.1 Å². The number of rotatable bonds is 0. The van der Waals surface area contributed by atoms with Gasteiger partial charge in [0.1, 0.15) is 5.60 Å². The third kappa shape index (κ3) is 2.94. The van der Waals surface area contributed by atoms with Gasteiger partial charge in [-0.05, 0) is 27.2 Å². The molecule has 0 aliphatic carbocycles. The van der Waals surface area contributed by atoms with Crippen molar-refractivity contribution in [2.75, 3.05) is 19.6 Å². The molecule has 112 valence electrons. The molecule has 3 amide bonds. The van der Waals surface area contributed by atoms with Crippen LogP contribution in [0, 0.1) is 5.41 Å². The fourth-order valence-corrected chi connectivity index (χ4v) is 2.74. The second-order valence-corrected chi connectivity index (χ2v) is 6.83. The smallest absolute Gasteiger partial charge is 0.417 e. The zero-order valence-electron chi connectivity index (χ0n) is 12.6. The number of nitrogens with zero attached hydrogens (tertiary/aromatic N) is 2. The molecule has 0 radical (unpaired) electrons. The third-order valence-corrected chi connectivity index (χ3v) is 3.80. The molecule has 0 bridgehead atoms. The summed E-state index contributed by atoms with van der Waals surface area (Å²) in [6.45, 7) is 8.48. The van der Waals surface area contributed by atoms with Gasteiger partial charge in [-0.15, -0.1) is 0 Å². The van der Waals surface area contributed by atoms with Crippen LogP contribution in [0.5, 0.6) is 0 Å². The van der Waals surface area contributed by atoms with Crippen LogP contribution in [0.2, 0.25) is 0 Å². The maximum atomic E-state index is 12.1. The van der Waals surface area contributed by atoms with E-state index < -0.39 is 11.7 Å². The molecule has 1 spiro atoms. The zero-order valence-corrected chi connectivity index (χ0v) is 12.6. The Morgan fingerprint density at radius 2 is 1.85 bits per heavy atom. The Bertz CT molecular complexity index is 447. The van der Waals surface area contributed by atoms with Crippen LogP contribution >= 0.6 is 0 Å². The molecule has 0 unspecified atom stereocenters. The lowest BCUT2D eigenvalue weighted by Crippen LogP contribution is -2.63. The lowest BCUT2D eigenvalue weighted by atomic mass is 9.71. The summed E-state index contributed by atoms with van der Waals surface area (Å²) in [5.74, 6) is -0.161. The van der Waals surface area contributed by atoms with Crippen molar-refractivity contribution in [2.45, 2.75) is 46.1 Å². The van der Waals surface area contributed by atoms with Gasteiger partial charge in [-0.1, -0.05) is 0 Å². The molecule has 2 saturated heterocycles. The van der Waals surface area contributed by atoms with E-state index in [0.717, 1.165) is 6.42 Å². The highest BCUT2D eigenvalue weighted by Crippen LogP contribution is 2.41. The predicted octanol–water partition coefficient (Wildman–Crippen LogP) is 1.39. The van der Waals surface area contributed by atoms with Crippen LogP contribution in [0.4, 0.5) is 4.79 Å². The van der Waals surface area contributed by atoms with E-state index >= 15 is 0 Å². The average Bonchev–Trinajstić information content (AvgIpc) is 2.22. The summed E-state index contributed by atoms with van der Waals surface area (Å²) in [4.78, 5) is 38.2. The maximum absolute atomic E-state index is 12.1. The summed E-state index contributed by atoms with van der Waals surface area (Å²) in [5.41, 5.74) is -0.727. The minimum absolute atomic E-state index is 0.0395. The minimum Gasteiger partial charge on any atom is -0.443 e. The van der Waals surface area contributed by atoms with E-state index in [2.05, 4.69) is 0 Å². The van der Waals surface area contributed by atoms with Crippen molar-refractivity contribution >= 4 is 17.9 Å². The summed E-state index contributed by atoms with van der Waals surface area (Å²) < 4.78 is 5.23. The van der Waals surface area contributed by atoms with Gasteiger partial charge in [-0.3, -0.25) is 9.59 Å². The summed E-state index contributed by atoms with van der Waals surface area (Å²) in [5, 5.41) is 0. The Balaban J connectivity index is 1.92. The molecule has 2 rings (SSSR count). The van der Waals surface area contributed by atoms with Crippen LogP contribution in [0.15, 0.2) is 0 Å². The van der Waals surface area contributed by atoms with Gasteiger partial charge in [0.2, 0.25) is 11.8 Å². The molecule has 0 saturated carbocycles. The zero-order chi connectivity index (χ0) is 15.1. The van der Waals surface area contributed by atoms with Crippen molar-refractivity contribution in [3.63, 3.8) is 0 Å². The molecular formula is C14H22N2O4. The van der Waals surface area contributed by atoms with Gasteiger partial charge >= 0.3 is 6.09 Å². The number of carbonyl (C=O) groups excluding carboxylic acids is 3. The predicted molar refractivity (Wildman–Crippen MR) is 71.9 cm³/mol. The van der Waals surface area contributed by atoms with Crippen molar-refractivity contribution < 1.29 is 19.1 Å². The fourth-order valence-electron chi connectivity index (χ4n) is 2.74. The molecule has 0 aromatic carbocycles. The Morgan fingerprint density at radius 1 is 1.25 bits per heavy atom. The highest BCUT2D eigenvalue weighted by atomic mass is 16.6. The number of likely N-dealkylation sites (tertiary alicyclic amines) is 2. The van der Waals surface area contributed by atoms with Crippen molar-refractivity contribution in [3.05, 3.63) is 0 Å². The Labute approximate surface area is 119 Å². The number of ether oxygens (including phenoxy) is 1. The Kier molecular flexibility index (Phi) is 3.52. The minimum atomic E-state index is -0.603. The fraction of sp³-hybridized carbons (Fsp3) is 0.786. The van der Waals surface area contributed by atoms with Crippen LogP contribution in [0.25, 0.3) is 0 Å². The van der Waals surface area contributed by atoms with E-state index in [1.807, 2.05) is 0 Å². The highest BCUT2D eigenvalue weighted by molar-refractivity contribution is 5.93. The summed E-state index contributed by atoms with van der Waals surface area (Å²) in [7, 11) is 0. The normalized spacial score (nSPS) is 21.7. The van der Waals surface area contributed by atoms with Crippen molar-refractivity contribution in [1.82, 2.24) is 9.80 Å². The van der Waals surface area contributed by atoms with Crippen molar-refractivity contribution in [1.29, 1.82) is 0 Å². The van der Waals surface area contributed by atoms with Gasteiger partial charge < -0.3 is 9.64 Å². The maximum Gasteiger partial charge on any atom is 0.417 e. The number of carbonyl (C=O) groups is 3. The summed E-state index contributed by atoms with van der Waals surface area (Å²) in [6, 6.07) is 0.